The van der Waals surface area contributed by atoms with Crippen LogP contribution in [0.2, 0.25) is 0 Å². The van der Waals surface area contributed by atoms with Crippen LogP contribution in [0.25, 0.3) is 0 Å². The number of carboxylic acid groups (broad SMARTS) is 1. The standard InChI is InChI=1S/C13H24N2O3/c1-2-15(10-5-7-14-8-6-10)9-11-3-4-12(18-11)13(16)17/h10-12,14H,2-9H2,1H3,(H,16,17). The third kappa shape index (κ3) is 3.43. The number of carbonyl (C=O) groups is 1. The van der Waals surface area contributed by atoms with Crippen molar-refractivity contribution >= 4 is 5.97 Å². The summed E-state index contributed by atoms with van der Waals surface area (Å²) in [4.78, 5) is 13.3. The number of aliphatic carboxylic acids is 1. The zero-order valence-electron chi connectivity index (χ0n) is 11.1. The highest BCUT2D eigenvalue weighted by Gasteiger charge is 2.32. The third-order valence-electron chi connectivity index (χ3n) is 4.05. The van der Waals surface area contributed by atoms with Gasteiger partial charge in [-0.05, 0) is 45.3 Å². The van der Waals surface area contributed by atoms with E-state index in [1.807, 2.05) is 0 Å². The Hall–Kier alpha value is -0.650. The van der Waals surface area contributed by atoms with Crippen molar-refractivity contribution in [2.45, 2.75) is 50.9 Å². The summed E-state index contributed by atoms with van der Waals surface area (Å²) in [6.07, 6.45) is 3.41. The molecule has 2 rings (SSSR count). The number of hydrogen-bond donors (Lipinski definition) is 2. The monoisotopic (exact) mass is 256 g/mol. The van der Waals surface area contributed by atoms with Crippen molar-refractivity contribution in [1.82, 2.24) is 10.2 Å². The molecule has 18 heavy (non-hydrogen) atoms. The van der Waals surface area contributed by atoms with Gasteiger partial charge in [0.15, 0.2) is 6.10 Å². The molecule has 2 fully saturated rings. The summed E-state index contributed by atoms with van der Waals surface area (Å²) in [7, 11) is 0. The Kier molecular flexibility index (Phi) is 4.97. The fraction of sp³-hybridized carbons (Fsp3) is 0.923. The summed E-state index contributed by atoms with van der Waals surface area (Å²) in [5.74, 6) is -0.817. The van der Waals surface area contributed by atoms with Gasteiger partial charge in [-0.3, -0.25) is 4.90 Å². The van der Waals surface area contributed by atoms with Crippen LogP contribution in [0.5, 0.6) is 0 Å². The Bertz CT molecular complexity index is 279. The molecule has 5 nitrogen and oxygen atoms in total. The Morgan fingerprint density at radius 3 is 2.61 bits per heavy atom. The topological polar surface area (TPSA) is 61.8 Å². The number of hydrogen-bond acceptors (Lipinski definition) is 4. The largest absolute Gasteiger partial charge is 0.479 e. The van der Waals surface area contributed by atoms with Crippen molar-refractivity contribution < 1.29 is 14.6 Å². The summed E-state index contributed by atoms with van der Waals surface area (Å²) in [6, 6.07) is 0.628. The number of rotatable bonds is 5. The molecule has 0 spiro atoms. The molecule has 2 N–H and O–H groups in total. The molecular weight excluding hydrogens is 232 g/mol. The first-order chi connectivity index (χ1) is 8.70. The lowest BCUT2D eigenvalue weighted by Crippen LogP contribution is -2.46. The summed E-state index contributed by atoms with van der Waals surface area (Å²) in [6.45, 7) is 6.24. The molecule has 0 saturated carbocycles. The van der Waals surface area contributed by atoms with Gasteiger partial charge in [0.2, 0.25) is 0 Å². The second-order valence-electron chi connectivity index (χ2n) is 5.23. The van der Waals surface area contributed by atoms with Gasteiger partial charge in [-0.1, -0.05) is 6.92 Å². The van der Waals surface area contributed by atoms with Crippen LogP contribution in [0.15, 0.2) is 0 Å². The fourth-order valence-electron chi connectivity index (χ4n) is 2.99. The van der Waals surface area contributed by atoms with Gasteiger partial charge in [0.25, 0.3) is 0 Å². The molecule has 0 radical (unpaired) electrons. The minimum atomic E-state index is -0.817. The number of nitrogens with one attached hydrogen (secondary N) is 1. The molecule has 0 aromatic carbocycles. The highest BCUT2D eigenvalue weighted by atomic mass is 16.5. The van der Waals surface area contributed by atoms with E-state index in [2.05, 4.69) is 17.1 Å². The van der Waals surface area contributed by atoms with E-state index in [0.29, 0.717) is 12.5 Å². The summed E-state index contributed by atoms with van der Waals surface area (Å²) < 4.78 is 5.59. The molecule has 0 aromatic rings. The maximum atomic E-state index is 10.9. The van der Waals surface area contributed by atoms with Gasteiger partial charge in [-0.25, -0.2) is 4.79 Å². The first-order valence-electron chi connectivity index (χ1n) is 7.03. The third-order valence-corrected chi connectivity index (χ3v) is 4.05. The Morgan fingerprint density at radius 2 is 2.06 bits per heavy atom. The number of likely N-dealkylation sites (N-methyl/N-ethyl adjacent to an activating group) is 1. The Balaban J connectivity index is 1.81. The fourth-order valence-corrected chi connectivity index (χ4v) is 2.99. The first kappa shape index (κ1) is 13.8. The minimum Gasteiger partial charge on any atom is -0.479 e. The maximum absolute atomic E-state index is 10.9. The molecule has 2 aliphatic rings. The van der Waals surface area contributed by atoms with Crippen molar-refractivity contribution in [2.24, 2.45) is 0 Å². The smallest absolute Gasteiger partial charge is 0.332 e. The molecule has 5 heteroatoms. The second kappa shape index (κ2) is 6.50. The van der Waals surface area contributed by atoms with E-state index in [-0.39, 0.29) is 6.10 Å². The molecular formula is C13H24N2O3. The van der Waals surface area contributed by atoms with E-state index >= 15 is 0 Å². The molecule has 0 aliphatic carbocycles. The second-order valence-corrected chi connectivity index (χ2v) is 5.23. The molecule has 2 heterocycles. The van der Waals surface area contributed by atoms with Gasteiger partial charge in [0.1, 0.15) is 0 Å². The lowest BCUT2D eigenvalue weighted by molar-refractivity contribution is -0.149. The Labute approximate surface area is 108 Å². The predicted molar refractivity (Wildman–Crippen MR) is 68.7 cm³/mol. The number of carboxylic acids is 1. The van der Waals surface area contributed by atoms with E-state index in [1.54, 1.807) is 0 Å². The lowest BCUT2D eigenvalue weighted by atomic mass is 10.0. The van der Waals surface area contributed by atoms with E-state index in [1.165, 1.54) is 12.8 Å². The van der Waals surface area contributed by atoms with Gasteiger partial charge >= 0.3 is 5.97 Å². The van der Waals surface area contributed by atoms with Crippen LogP contribution in [0.3, 0.4) is 0 Å². The highest BCUT2D eigenvalue weighted by Crippen LogP contribution is 2.22. The number of nitrogens with zero attached hydrogens (tertiary/aromatic N) is 1. The lowest BCUT2D eigenvalue weighted by Gasteiger charge is -2.35. The van der Waals surface area contributed by atoms with Crippen LogP contribution in [0.4, 0.5) is 0 Å². The van der Waals surface area contributed by atoms with E-state index in [4.69, 9.17) is 9.84 Å². The molecule has 0 bridgehead atoms. The average Bonchev–Trinajstić information content (AvgIpc) is 2.86. The van der Waals surface area contributed by atoms with E-state index < -0.39 is 12.1 Å². The predicted octanol–water partition coefficient (Wildman–Crippen LogP) is 0.693. The van der Waals surface area contributed by atoms with Crippen LogP contribution in [-0.4, -0.2) is 60.4 Å². The normalized spacial score (nSPS) is 29.9. The summed E-state index contributed by atoms with van der Waals surface area (Å²) >= 11 is 0. The van der Waals surface area contributed by atoms with Gasteiger partial charge < -0.3 is 15.2 Å². The first-order valence-corrected chi connectivity index (χ1v) is 7.03. The molecule has 0 amide bonds. The molecule has 104 valence electrons. The molecule has 2 aliphatic heterocycles. The summed E-state index contributed by atoms with van der Waals surface area (Å²) in [5, 5.41) is 12.3. The van der Waals surface area contributed by atoms with Crippen molar-refractivity contribution in [3.63, 3.8) is 0 Å². The maximum Gasteiger partial charge on any atom is 0.332 e. The SMILES string of the molecule is CCN(CC1CCC(C(=O)O)O1)C1CCNCC1. The minimum absolute atomic E-state index is 0.0981. The van der Waals surface area contributed by atoms with Crippen LogP contribution in [0.1, 0.15) is 32.6 Å². The van der Waals surface area contributed by atoms with Crippen LogP contribution >= 0.6 is 0 Å². The van der Waals surface area contributed by atoms with Crippen LogP contribution < -0.4 is 5.32 Å². The number of ether oxygens (including phenoxy) is 1. The van der Waals surface area contributed by atoms with Crippen molar-refractivity contribution in [3.8, 4) is 0 Å². The Morgan fingerprint density at radius 1 is 1.33 bits per heavy atom. The van der Waals surface area contributed by atoms with Gasteiger partial charge in [-0.2, -0.15) is 0 Å². The zero-order chi connectivity index (χ0) is 13.0. The van der Waals surface area contributed by atoms with Gasteiger partial charge in [0.05, 0.1) is 6.10 Å². The summed E-state index contributed by atoms with van der Waals surface area (Å²) in [5.41, 5.74) is 0. The molecule has 2 unspecified atom stereocenters. The molecule has 2 atom stereocenters. The van der Waals surface area contributed by atoms with Gasteiger partial charge in [-0.15, -0.1) is 0 Å². The van der Waals surface area contributed by atoms with E-state index in [9.17, 15) is 4.79 Å². The van der Waals surface area contributed by atoms with Crippen molar-refractivity contribution in [3.05, 3.63) is 0 Å². The average molecular weight is 256 g/mol. The van der Waals surface area contributed by atoms with Crippen LogP contribution in [-0.2, 0) is 9.53 Å². The van der Waals surface area contributed by atoms with Gasteiger partial charge in [0, 0.05) is 12.6 Å². The van der Waals surface area contributed by atoms with Crippen molar-refractivity contribution in [1.29, 1.82) is 0 Å². The highest BCUT2D eigenvalue weighted by molar-refractivity contribution is 5.72. The number of piperidine rings is 1. The van der Waals surface area contributed by atoms with E-state index in [0.717, 1.165) is 32.6 Å². The zero-order valence-corrected chi connectivity index (χ0v) is 11.1. The molecule has 2 saturated heterocycles. The quantitative estimate of drug-likeness (QED) is 0.758. The molecule has 0 aromatic heterocycles. The van der Waals surface area contributed by atoms with Crippen molar-refractivity contribution in [2.75, 3.05) is 26.2 Å². The van der Waals surface area contributed by atoms with Crippen LogP contribution in [0, 0.1) is 0 Å².